The van der Waals surface area contributed by atoms with E-state index in [1.807, 2.05) is 27.7 Å². The molecule has 0 aromatic rings. The predicted molar refractivity (Wildman–Crippen MR) is 125 cm³/mol. The van der Waals surface area contributed by atoms with E-state index >= 15 is 0 Å². The quantitative estimate of drug-likeness (QED) is 0.171. The Bertz CT molecular complexity index is 593. The summed E-state index contributed by atoms with van der Waals surface area (Å²) in [4.78, 5) is 47.1. The minimum absolute atomic E-state index is 0.00816. The molecule has 0 rings (SSSR count). The van der Waals surface area contributed by atoms with Crippen LogP contribution in [0.4, 0.5) is 9.59 Å². The third-order valence-electron chi connectivity index (χ3n) is 4.35. The summed E-state index contributed by atoms with van der Waals surface area (Å²) in [6.45, 7) is 14.1. The Morgan fingerprint density at radius 2 is 0.857 bits per heavy atom. The van der Waals surface area contributed by atoms with Crippen LogP contribution in [0.5, 0.6) is 0 Å². The minimum Gasteiger partial charge on any atom is -0.460 e. The molecule has 11 nitrogen and oxygen atoms in total. The first-order valence-electron chi connectivity index (χ1n) is 12.0. The molecule has 35 heavy (non-hydrogen) atoms. The van der Waals surface area contributed by atoms with Crippen molar-refractivity contribution in [2.75, 3.05) is 26.4 Å². The summed E-state index contributed by atoms with van der Waals surface area (Å²) < 4.78 is 34.9. The summed E-state index contributed by atoms with van der Waals surface area (Å²) in [7, 11) is 0. The largest absolute Gasteiger partial charge is 0.509 e. The number of esters is 2. The molecule has 0 aliphatic rings. The van der Waals surface area contributed by atoms with Crippen molar-refractivity contribution in [3.8, 4) is 0 Å². The van der Waals surface area contributed by atoms with Gasteiger partial charge in [-0.15, -0.1) is 0 Å². The molecule has 0 radical (unpaired) electrons. The van der Waals surface area contributed by atoms with E-state index < -0.39 is 36.5 Å². The molecule has 204 valence electrons. The van der Waals surface area contributed by atoms with Crippen LogP contribution in [0, 0.1) is 11.8 Å². The maximum atomic E-state index is 11.9. The lowest BCUT2D eigenvalue weighted by molar-refractivity contribution is -0.159. The van der Waals surface area contributed by atoms with Gasteiger partial charge < -0.3 is 33.2 Å². The van der Waals surface area contributed by atoms with Crippen LogP contribution >= 0.6 is 0 Å². The minimum atomic E-state index is -1.10. The Morgan fingerprint density at radius 1 is 0.514 bits per heavy atom. The van der Waals surface area contributed by atoms with Gasteiger partial charge in [0.25, 0.3) is 0 Å². The Labute approximate surface area is 208 Å². The lowest BCUT2D eigenvalue weighted by Crippen LogP contribution is -2.30. The first kappa shape index (κ1) is 32.4. The van der Waals surface area contributed by atoms with E-state index in [4.69, 9.17) is 33.2 Å². The van der Waals surface area contributed by atoms with Gasteiger partial charge in [-0.05, 0) is 52.4 Å². The second kappa shape index (κ2) is 17.8. The highest BCUT2D eigenvalue weighted by atomic mass is 16.7. The van der Waals surface area contributed by atoms with Crippen LogP contribution in [0.2, 0.25) is 0 Å². The molecule has 0 saturated carbocycles. The second-order valence-corrected chi connectivity index (χ2v) is 9.08. The zero-order valence-electron chi connectivity index (χ0n) is 22.2. The van der Waals surface area contributed by atoms with Crippen molar-refractivity contribution in [1.29, 1.82) is 0 Å². The van der Waals surface area contributed by atoms with E-state index in [1.165, 1.54) is 13.8 Å². The Morgan fingerprint density at radius 3 is 1.17 bits per heavy atom. The summed E-state index contributed by atoms with van der Waals surface area (Å²) in [5, 5.41) is 0. The fraction of sp³-hybridized carbons (Fsp3) is 0.833. The number of carbonyl (C=O) groups is 4. The van der Waals surface area contributed by atoms with Crippen LogP contribution in [0.3, 0.4) is 0 Å². The van der Waals surface area contributed by atoms with Crippen LogP contribution in [0.15, 0.2) is 0 Å². The van der Waals surface area contributed by atoms with E-state index in [-0.39, 0.29) is 38.6 Å². The van der Waals surface area contributed by atoms with Crippen molar-refractivity contribution in [1.82, 2.24) is 0 Å². The van der Waals surface area contributed by atoms with E-state index in [2.05, 4.69) is 0 Å². The summed E-state index contributed by atoms with van der Waals surface area (Å²) in [6, 6.07) is 0. The van der Waals surface area contributed by atoms with E-state index in [0.717, 1.165) is 0 Å². The molecule has 0 heterocycles. The molecule has 4 unspecified atom stereocenters. The maximum Gasteiger partial charge on any atom is 0.509 e. The first-order chi connectivity index (χ1) is 16.3. The number of rotatable bonds is 16. The number of carbonyl (C=O) groups excluding carboxylic acids is 4. The molecule has 0 aromatic carbocycles. The average Bonchev–Trinajstić information content (AvgIpc) is 2.71. The lowest BCUT2D eigenvalue weighted by Gasteiger charge is -2.18. The van der Waals surface area contributed by atoms with Crippen molar-refractivity contribution >= 4 is 24.2 Å². The molecule has 0 spiro atoms. The standard InChI is InChI=1S/C24H42O11/c1-15(2)13-17(5)32-21(25)19(7)34-23(27)30-11-9-29-10-12-31-24(28)35-20(8)22(26)33-18(6)14-16(3)4/h15-20H,9-14H2,1-8H3. The van der Waals surface area contributed by atoms with E-state index in [9.17, 15) is 19.2 Å². The average molecular weight is 507 g/mol. The SMILES string of the molecule is CC(C)CC(C)OC(=O)C(C)OC(=O)OCCOCCOC(=O)OC(C)C(=O)OC(C)CC(C)C. The number of hydrogen-bond donors (Lipinski definition) is 0. The molecule has 11 heteroatoms. The number of hydrogen-bond acceptors (Lipinski definition) is 11. The number of ether oxygens (including phenoxy) is 7. The zero-order chi connectivity index (χ0) is 27.0. The lowest BCUT2D eigenvalue weighted by atomic mass is 10.1. The van der Waals surface area contributed by atoms with Gasteiger partial charge in [0.05, 0.1) is 25.4 Å². The molecule has 4 atom stereocenters. The zero-order valence-corrected chi connectivity index (χ0v) is 22.2. The van der Waals surface area contributed by atoms with Crippen molar-refractivity contribution in [3.63, 3.8) is 0 Å². The van der Waals surface area contributed by atoms with Crippen LogP contribution in [-0.4, -0.2) is 75.1 Å². The molecular formula is C24H42O11. The third-order valence-corrected chi connectivity index (χ3v) is 4.35. The van der Waals surface area contributed by atoms with Crippen molar-refractivity contribution in [2.45, 2.75) is 92.6 Å². The molecule has 0 fully saturated rings. The van der Waals surface area contributed by atoms with Gasteiger partial charge in [-0.1, -0.05) is 27.7 Å². The van der Waals surface area contributed by atoms with Crippen molar-refractivity contribution in [3.05, 3.63) is 0 Å². The second-order valence-electron chi connectivity index (χ2n) is 9.08. The third kappa shape index (κ3) is 17.5. The van der Waals surface area contributed by atoms with Gasteiger partial charge in [0.15, 0.2) is 12.2 Å². The van der Waals surface area contributed by atoms with E-state index in [1.54, 1.807) is 13.8 Å². The smallest absolute Gasteiger partial charge is 0.460 e. The predicted octanol–water partition coefficient (Wildman–Crippen LogP) is 4.04. The van der Waals surface area contributed by atoms with Gasteiger partial charge >= 0.3 is 24.2 Å². The molecule has 0 aliphatic carbocycles. The summed E-state index contributed by atoms with van der Waals surface area (Å²) in [6.07, 6.45) is -3.43. The van der Waals surface area contributed by atoms with Crippen molar-refractivity contribution < 1.29 is 52.3 Å². The fourth-order valence-corrected chi connectivity index (χ4v) is 2.94. The molecule has 0 aromatic heterocycles. The topological polar surface area (TPSA) is 133 Å². The molecule has 0 amide bonds. The van der Waals surface area contributed by atoms with Gasteiger partial charge in [-0.2, -0.15) is 0 Å². The van der Waals surface area contributed by atoms with Gasteiger partial charge in [0.1, 0.15) is 13.2 Å². The first-order valence-corrected chi connectivity index (χ1v) is 12.0. The molecular weight excluding hydrogens is 464 g/mol. The van der Waals surface area contributed by atoms with Crippen LogP contribution in [0.1, 0.15) is 68.2 Å². The normalized spacial score (nSPS) is 14.5. The highest BCUT2D eigenvalue weighted by Gasteiger charge is 2.23. The Balaban J connectivity index is 3.91. The monoisotopic (exact) mass is 506 g/mol. The fourth-order valence-electron chi connectivity index (χ4n) is 2.94. The summed E-state index contributed by atoms with van der Waals surface area (Å²) in [5.74, 6) is -0.567. The van der Waals surface area contributed by atoms with Crippen LogP contribution < -0.4 is 0 Å². The molecule has 0 bridgehead atoms. The molecule has 0 N–H and O–H groups in total. The summed E-state index contributed by atoms with van der Waals surface area (Å²) in [5.41, 5.74) is 0. The van der Waals surface area contributed by atoms with Gasteiger partial charge in [-0.25, -0.2) is 19.2 Å². The maximum absolute atomic E-state index is 11.9. The highest BCUT2D eigenvalue weighted by molar-refractivity contribution is 5.77. The molecule has 0 saturated heterocycles. The Kier molecular flexibility index (Phi) is 16.5. The van der Waals surface area contributed by atoms with Crippen LogP contribution in [0.25, 0.3) is 0 Å². The highest BCUT2D eigenvalue weighted by Crippen LogP contribution is 2.10. The summed E-state index contributed by atoms with van der Waals surface area (Å²) >= 11 is 0. The Hall–Kier alpha value is -2.56. The van der Waals surface area contributed by atoms with E-state index in [0.29, 0.717) is 24.7 Å². The van der Waals surface area contributed by atoms with Gasteiger partial charge in [-0.3, -0.25) is 0 Å². The van der Waals surface area contributed by atoms with Crippen molar-refractivity contribution in [2.24, 2.45) is 11.8 Å². The van der Waals surface area contributed by atoms with Gasteiger partial charge in [0.2, 0.25) is 0 Å². The van der Waals surface area contributed by atoms with Gasteiger partial charge in [0, 0.05) is 0 Å². The van der Waals surface area contributed by atoms with Crippen LogP contribution in [-0.2, 0) is 42.7 Å². The molecule has 0 aliphatic heterocycles.